The van der Waals surface area contributed by atoms with Crippen molar-refractivity contribution in [1.29, 1.82) is 0 Å². The van der Waals surface area contributed by atoms with Crippen molar-refractivity contribution in [1.82, 2.24) is 15.1 Å². The van der Waals surface area contributed by atoms with Gasteiger partial charge in [0.1, 0.15) is 5.82 Å². The Kier molecular flexibility index (Phi) is 6.34. The van der Waals surface area contributed by atoms with Gasteiger partial charge in [-0.2, -0.15) is 5.10 Å². The minimum atomic E-state index is -0.243. The molecule has 1 atom stereocenters. The first-order chi connectivity index (χ1) is 11.8. The topological polar surface area (TPSA) is 48.3 Å². The number of rotatable bonds is 8. The molecule has 0 bridgehead atoms. The van der Waals surface area contributed by atoms with E-state index in [-0.39, 0.29) is 12.1 Å². The minimum absolute atomic E-state index is 0.0151. The summed E-state index contributed by atoms with van der Waals surface area (Å²) in [6.45, 7) is 3.09. The number of ether oxygens (including phenoxy) is 2. The molecule has 1 saturated heterocycles. The number of halogens is 1. The van der Waals surface area contributed by atoms with E-state index in [1.807, 2.05) is 10.7 Å². The summed E-state index contributed by atoms with van der Waals surface area (Å²) in [5, 5.41) is 7.70. The Balaban J connectivity index is 1.38. The second-order valence-electron chi connectivity index (χ2n) is 5.91. The third-order valence-electron chi connectivity index (χ3n) is 4.04. The van der Waals surface area contributed by atoms with Gasteiger partial charge in [-0.15, -0.1) is 0 Å². The van der Waals surface area contributed by atoms with Gasteiger partial charge in [0.25, 0.3) is 0 Å². The second-order valence-corrected chi connectivity index (χ2v) is 5.91. The molecule has 3 rings (SSSR count). The maximum Gasteiger partial charge on any atom is 0.157 e. The first-order valence-electron chi connectivity index (χ1n) is 8.56. The fourth-order valence-electron chi connectivity index (χ4n) is 2.75. The molecule has 1 aliphatic rings. The zero-order valence-electron chi connectivity index (χ0n) is 13.8. The first kappa shape index (κ1) is 17.1. The van der Waals surface area contributed by atoms with Gasteiger partial charge in [0.05, 0.1) is 18.0 Å². The van der Waals surface area contributed by atoms with Crippen LogP contribution in [0.3, 0.4) is 0 Å². The lowest BCUT2D eigenvalue weighted by atomic mass is 10.2. The lowest BCUT2D eigenvalue weighted by Crippen LogP contribution is -2.24. The van der Waals surface area contributed by atoms with E-state index in [1.54, 1.807) is 18.3 Å². The van der Waals surface area contributed by atoms with Crippen LogP contribution in [0.15, 0.2) is 36.5 Å². The van der Waals surface area contributed by atoms with Crippen molar-refractivity contribution in [2.75, 3.05) is 19.8 Å². The van der Waals surface area contributed by atoms with E-state index in [2.05, 4.69) is 10.4 Å². The maximum absolute atomic E-state index is 13.0. The minimum Gasteiger partial charge on any atom is -0.353 e. The van der Waals surface area contributed by atoms with Gasteiger partial charge in [0.15, 0.2) is 6.29 Å². The molecule has 1 aromatic carbocycles. The molecular weight excluding hydrogens is 309 g/mol. The summed E-state index contributed by atoms with van der Waals surface area (Å²) in [7, 11) is 0. The largest absolute Gasteiger partial charge is 0.353 e. The number of hydrogen-bond acceptors (Lipinski definition) is 4. The van der Waals surface area contributed by atoms with Crippen LogP contribution in [0, 0.1) is 5.82 Å². The van der Waals surface area contributed by atoms with Gasteiger partial charge in [-0.3, -0.25) is 0 Å². The fourth-order valence-corrected chi connectivity index (χ4v) is 2.75. The van der Waals surface area contributed by atoms with Gasteiger partial charge in [-0.05, 0) is 62.6 Å². The van der Waals surface area contributed by atoms with E-state index in [0.717, 1.165) is 43.8 Å². The smallest absolute Gasteiger partial charge is 0.157 e. The Bertz CT molecular complexity index is 609. The monoisotopic (exact) mass is 333 g/mol. The summed E-state index contributed by atoms with van der Waals surface area (Å²) in [6, 6.07) is 8.30. The van der Waals surface area contributed by atoms with Crippen molar-refractivity contribution in [3.63, 3.8) is 0 Å². The normalized spacial score (nSPS) is 18.0. The summed E-state index contributed by atoms with van der Waals surface area (Å²) in [5.74, 6) is -0.243. The van der Waals surface area contributed by atoms with Crippen molar-refractivity contribution < 1.29 is 13.9 Å². The third-order valence-corrected chi connectivity index (χ3v) is 4.04. The van der Waals surface area contributed by atoms with Crippen molar-refractivity contribution >= 4 is 0 Å². The second kappa shape index (κ2) is 8.92. The molecule has 2 heterocycles. The average molecular weight is 333 g/mol. The molecule has 1 aliphatic heterocycles. The third kappa shape index (κ3) is 4.87. The van der Waals surface area contributed by atoms with E-state index in [1.165, 1.54) is 18.6 Å². The van der Waals surface area contributed by atoms with Crippen molar-refractivity contribution in [3.05, 3.63) is 48.0 Å². The van der Waals surface area contributed by atoms with Crippen LogP contribution in [0.4, 0.5) is 4.39 Å². The molecule has 2 aromatic rings. The van der Waals surface area contributed by atoms with Crippen molar-refractivity contribution in [2.24, 2.45) is 0 Å². The van der Waals surface area contributed by atoms with Crippen molar-refractivity contribution in [2.45, 2.75) is 38.5 Å². The lowest BCUT2D eigenvalue weighted by Gasteiger charge is -2.22. The molecule has 130 valence electrons. The highest BCUT2D eigenvalue weighted by Crippen LogP contribution is 2.14. The van der Waals surface area contributed by atoms with Gasteiger partial charge in [0.2, 0.25) is 0 Å². The highest BCUT2D eigenvalue weighted by atomic mass is 19.1. The zero-order valence-corrected chi connectivity index (χ0v) is 13.8. The quantitative estimate of drug-likeness (QED) is 0.755. The molecule has 1 N–H and O–H groups in total. The van der Waals surface area contributed by atoms with E-state index >= 15 is 0 Å². The average Bonchev–Trinajstić information content (AvgIpc) is 3.08. The van der Waals surface area contributed by atoms with Crippen LogP contribution >= 0.6 is 0 Å². The van der Waals surface area contributed by atoms with E-state index in [4.69, 9.17) is 9.47 Å². The molecule has 1 aromatic heterocycles. The number of aromatic nitrogens is 2. The molecule has 0 radical (unpaired) electrons. The van der Waals surface area contributed by atoms with Gasteiger partial charge in [-0.1, -0.05) is 0 Å². The number of nitrogens with zero attached hydrogens (tertiary/aromatic N) is 2. The highest BCUT2D eigenvalue weighted by Gasteiger charge is 2.13. The van der Waals surface area contributed by atoms with Crippen LogP contribution in [0.1, 0.15) is 31.4 Å². The van der Waals surface area contributed by atoms with Crippen LogP contribution in [-0.4, -0.2) is 35.8 Å². The molecule has 0 aliphatic carbocycles. The summed E-state index contributed by atoms with van der Waals surface area (Å²) in [6.07, 6.45) is 6.01. The Morgan fingerprint density at radius 2 is 2.12 bits per heavy atom. The van der Waals surface area contributed by atoms with Crippen LogP contribution in [0.25, 0.3) is 5.69 Å². The van der Waals surface area contributed by atoms with Gasteiger partial charge >= 0.3 is 0 Å². The SMILES string of the molecule is Fc1ccc(-n2nccc2CNCCCO[C@@H]2CCCCO2)cc1. The molecule has 5 nitrogen and oxygen atoms in total. The van der Waals surface area contributed by atoms with Crippen molar-refractivity contribution in [3.8, 4) is 5.69 Å². The summed E-state index contributed by atoms with van der Waals surface area (Å²) >= 11 is 0. The number of benzene rings is 1. The Labute approximate surface area is 141 Å². The standard InChI is InChI=1S/C18H24FN3O2/c19-15-5-7-16(8-6-15)22-17(9-11-21-22)14-20-10-3-13-24-18-4-1-2-12-23-18/h5-9,11,18,20H,1-4,10,12-14H2/t18-/m1/s1. The molecule has 6 heteroatoms. The molecule has 0 saturated carbocycles. The van der Waals surface area contributed by atoms with Gasteiger partial charge < -0.3 is 14.8 Å². The van der Waals surface area contributed by atoms with Crippen LogP contribution in [0.2, 0.25) is 0 Å². The summed E-state index contributed by atoms with van der Waals surface area (Å²) < 4.78 is 26.1. The Morgan fingerprint density at radius 3 is 2.92 bits per heavy atom. The Hall–Kier alpha value is -1.76. The van der Waals surface area contributed by atoms with Gasteiger partial charge in [0, 0.05) is 19.3 Å². The molecule has 24 heavy (non-hydrogen) atoms. The van der Waals surface area contributed by atoms with Crippen LogP contribution in [-0.2, 0) is 16.0 Å². The first-order valence-corrected chi connectivity index (χ1v) is 8.56. The van der Waals surface area contributed by atoms with E-state index < -0.39 is 0 Å². The predicted molar refractivity (Wildman–Crippen MR) is 89.4 cm³/mol. The molecule has 0 unspecified atom stereocenters. The van der Waals surface area contributed by atoms with E-state index in [0.29, 0.717) is 13.2 Å². The van der Waals surface area contributed by atoms with Crippen LogP contribution in [0.5, 0.6) is 0 Å². The van der Waals surface area contributed by atoms with E-state index in [9.17, 15) is 4.39 Å². The molecule has 0 amide bonds. The maximum atomic E-state index is 13.0. The zero-order chi connectivity index (χ0) is 16.6. The number of nitrogens with one attached hydrogen (secondary N) is 1. The van der Waals surface area contributed by atoms with Gasteiger partial charge in [-0.25, -0.2) is 9.07 Å². The van der Waals surface area contributed by atoms with Crippen LogP contribution < -0.4 is 5.32 Å². The molecule has 1 fully saturated rings. The molecular formula is C18H24FN3O2. The summed E-state index contributed by atoms with van der Waals surface area (Å²) in [5.41, 5.74) is 1.90. The molecule has 0 spiro atoms. The lowest BCUT2D eigenvalue weighted by molar-refractivity contribution is -0.162. The summed E-state index contributed by atoms with van der Waals surface area (Å²) in [4.78, 5) is 0. The fraction of sp³-hybridized carbons (Fsp3) is 0.500. The Morgan fingerprint density at radius 1 is 1.25 bits per heavy atom. The highest BCUT2D eigenvalue weighted by molar-refractivity contribution is 5.32. The predicted octanol–water partition coefficient (Wildman–Crippen LogP) is 3.03. The number of hydrogen-bond donors (Lipinski definition) is 1.